The van der Waals surface area contributed by atoms with Crippen LogP contribution in [0.2, 0.25) is 5.02 Å². The maximum absolute atomic E-state index is 14.2. The summed E-state index contributed by atoms with van der Waals surface area (Å²) in [5.74, 6) is -2.17. The molecule has 1 aromatic heterocycles. The average molecular weight is 733 g/mol. The van der Waals surface area contributed by atoms with Gasteiger partial charge in [-0.25, -0.2) is 0 Å². The molecule has 2 aliphatic rings. The van der Waals surface area contributed by atoms with E-state index in [0.29, 0.717) is 22.8 Å². The fourth-order valence-electron chi connectivity index (χ4n) is 6.52. The Morgan fingerprint density at radius 3 is 2.46 bits per heavy atom. The number of likely N-dealkylation sites (tertiary alicyclic amines) is 1. The average Bonchev–Trinajstić information content (AvgIpc) is 3.55. The van der Waals surface area contributed by atoms with Gasteiger partial charge in [-0.3, -0.25) is 29.0 Å². The standard InChI is InChI=1S/C38H45ClN6O7/c1-24(2)14-32-38(50)44(12-13-51-3)22-34(46)41-31(15-25-8-5-4-6-9-25)36(48)43-33-21-45(37(49)27-16-28(39)19-40-18-27)20-30(33)26-10-7-11-29(17-26)52-23-35(47)42-32/h4-11,16-19,24,30-33H,12-15,20-23H2,1-3H3,(H,41,46)(H,42,47)(H,43,48)/t30-,31-,32+,33+/m0/s1. The van der Waals surface area contributed by atoms with Gasteiger partial charge in [0, 0.05) is 51.5 Å². The summed E-state index contributed by atoms with van der Waals surface area (Å²) < 4.78 is 11.1. The Morgan fingerprint density at radius 1 is 0.962 bits per heavy atom. The van der Waals surface area contributed by atoms with Crippen molar-refractivity contribution in [2.24, 2.45) is 5.92 Å². The summed E-state index contributed by atoms with van der Waals surface area (Å²) in [6, 6.07) is 15.5. The summed E-state index contributed by atoms with van der Waals surface area (Å²) in [7, 11) is 1.49. The number of hydrogen-bond acceptors (Lipinski definition) is 8. The largest absolute Gasteiger partial charge is 0.484 e. The molecule has 5 amide bonds. The highest BCUT2D eigenvalue weighted by Gasteiger charge is 2.39. The number of rotatable bonds is 8. The number of benzene rings is 2. The number of aromatic nitrogens is 1. The van der Waals surface area contributed by atoms with E-state index >= 15 is 0 Å². The highest BCUT2D eigenvalue weighted by molar-refractivity contribution is 6.30. The first-order valence-corrected chi connectivity index (χ1v) is 17.7. The number of pyridine rings is 1. The second kappa shape index (κ2) is 18.0. The zero-order valence-electron chi connectivity index (χ0n) is 29.5. The second-order valence-corrected chi connectivity index (χ2v) is 13.9. The van der Waals surface area contributed by atoms with E-state index in [1.807, 2.05) is 50.2 Å². The molecule has 0 radical (unpaired) electrons. The van der Waals surface area contributed by atoms with Crippen LogP contribution in [-0.4, -0.2) is 109 Å². The van der Waals surface area contributed by atoms with Crippen molar-refractivity contribution in [3.05, 3.63) is 94.8 Å². The minimum absolute atomic E-state index is 0.0442. The second-order valence-electron chi connectivity index (χ2n) is 13.5. The topological polar surface area (TPSA) is 159 Å². The quantitative estimate of drug-likeness (QED) is 0.319. The van der Waals surface area contributed by atoms with Crippen LogP contribution in [-0.2, 0) is 30.3 Å². The third-order valence-electron chi connectivity index (χ3n) is 9.03. The first kappa shape index (κ1) is 38.2. The molecule has 276 valence electrons. The molecule has 0 spiro atoms. The number of hydrogen-bond donors (Lipinski definition) is 3. The van der Waals surface area contributed by atoms with Crippen LogP contribution >= 0.6 is 11.6 Å². The Bertz CT molecular complexity index is 1740. The number of nitrogens with one attached hydrogen (secondary N) is 3. The van der Waals surface area contributed by atoms with Gasteiger partial charge in [0.1, 0.15) is 17.8 Å². The van der Waals surface area contributed by atoms with Gasteiger partial charge >= 0.3 is 0 Å². The van der Waals surface area contributed by atoms with Gasteiger partial charge in [0.15, 0.2) is 6.61 Å². The van der Waals surface area contributed by atoms with Crippen LogP contribution in [0.15, 0.2) is 73.1 Å². The van der Waals surface area contributed by atoms with E-state index in [9.17, 15) is 24.0 Å². The number of carbonyl (C=O) groups is 5. The monoisotopic (exact) mass is 732 g/mol. The fourth-order valence-corrected chi connectivity index (χ4v) is 6.70. The number of fused-ring (bicyclic) bond motifs is 4. The van der Waals surface area contributed by atoms with E-state index < -0.39 is 41.8 Å². The Balaban J connectivity index is 1.51. The number of carbonyl (C=O) groups excluding carboxylic acids is 5. The molecule has 13 nitrogen and oxygen atoms in total. The Kier molecular flexibility index (Phi) is 13.2. The molecule has 0 saturated carbocycles. The fraction of sp³-hybridized carbons (Fsp3) is 0.421. The third kappa shape index (κ3) is 10.3. The van der Waals surface area contributed by atoms with Crippen LogP contribution in [0.3, 0.4) is 0 Å². The number of amides is 5. The van der Waals surface area contributed by atoms with Crippen molar-refractivity contribution < 1.29 is 33.4 Å². The molecule has 52 heavy (non-hydrogen) atoms. The smallest absolute Gasteiger partial charge is 0.258 e. The van der Waals surface area contributed by atoms with Crippen LogP contribution in [0.4, 0.5) is 0 Å². The van der Waals surface area contributed by atoms with Crippen LogP contribution < -0.4 is 20.7 Å². The van der Waals surface area contributed by atoms with E-state index in [-0.39, 0.29) is 63.6 Å². The number of halogens is 1. The predicted molar refractivity (Wildman–Crippen MR) is 194 cm³/mol. The lowest BCUT2D eigenvalue weighted by molar-refractivity contribution is -0.141. The van der Waals surface area contributed by atoms with Crippen molar-refractivity contribution in [3.8, 4) is 5.75 Å². The molecular weight excluding hydrogens is 688 g/mol. The summed E-state index contributed by atoms with van der Waals surface area (Å²) >= 11 is 6.14. The molecule has 0 unspecified atom stereocenters. The third-order valence-corrected chi connectivity index (χ3v) is 9.24. The molecule has 5 rings (SSSR count). The zero-order valence-corrected chi connectivity index (χ0v) is 30.3. The molecule has 4 atom stereocenters. The van der Waals surface area contributed by atoms with Gasteiger partial charge in [-0.1, -0.05) is 67.9 Å². The Morgan fingerprint density at radius 2 is 1.73 bits per heavy atom. The minimum atomic E-state index is -1.02. The normalized spacial score (nSPS) is 21.7. The summed E-state index contributed by atoms with van der Waals surface area (Å²) in [6.45, 7) is 3.80. The van der Waals surface area contributed by atoms with Gasteiger partial charge in [-0.2, -0.15) is 0 Å². The van der Waals surface area contributed by atoms with Crippen molar-refractivity contribution in [2.75, 3.05) is 46.5 Å². The lowest BCUT2D eigenvalue weighted by Gasteiger charge is -2.29. The maximum atomic E-state index is 14.2. The maximum Gasteiger partial charge on any atom is 0.258 e. The molecule has 0 aliphatic carbocycles. The van der Waals surface area contributed by atoms with Gasteiger partial charge in [-0.15, -0.1) is 0 Å². The zero-order chi connectivity index (χ0) is 37.2. The van der Waals surface area contributed by atoms with E-state index in [2.05, 4.69) is 20.9 Å². The van der Waals surface area contributed by atoms with Gasteiger partial charge in [0.05, 0.1) is 29.8 Å². The summed E-state index contributed by atoms with van der Waals surface area (Å²) in [5.41, 5.74) is 1.90. The van der Waals surface area contributed by atoms with E-state index in [0.717, 1.165) is 11.1 Å². The molecule has 14 heteroatoms. The van der Waals surface area contributed by atoms with Crippen LogP contribution in [0.1, 0.15) is 47.7 Å². The molecule has 3 N–H and O–H groups in total. The Labute approximate surface area is 308 Å². The molecule has 2 aliphatic heterocycles. The highest BCUT2D eigenvalue weighted by atomic mass is 35.5. The molecule has 2 aromatic carbocycles. The lowest BCUT2D eigenvalue weighted by atomic mass is 9.93. The lowest BCUT2D eigenvalue weighted by Crippen LogP contribution is -2.56. The number of ether oxygens (including phenoxy) is 2. The minimum Gasteiger partial charge on any atom is -0.484 e. The Hall–Kier alpha value is -5.01. The molecule has 3 heterocycles. The number of nitrogens with zero attached hydrogens (tertiary/aromatic N) is 3. The van der Waals surface area contributed by atoms with Crippen LogP contribution in [0.5, 0.6) is 5.75 Å². The van der Waals surface area contributed by atoms with Gasteiger partial charge in [0.2, 0.25) is 17.7 Å². The van der Waals surface area contributed by atoms with E-state index in [1.165, 1.54) is 24.4 Å². The van der Waals surface area contributed by atoms with Crippen LogP contribution in [0, 0.1) is 5.92 Å². The van der Waals surface area contributed by atoms with Crippen molar-refractivity contribution in [2.45, 2.75) is 50.7 Å². The van der Waals surface area contributed by atoms with Gasteiger partial charge in [0.25, 0.3) is 11.8 Å². The molecule has 2 bridgehead atoms. The van der Waals surface area contributed by atoms with Gasteiger partial charge in [-0.05, 0) is 41.7 Å². The van der Waals surface area contributed by atoms with E-state index in [4.69, 9.17) is 21.1 Å². The van der Waals surface area contributed by atoms with Crippen molar-refractivity contribution in [3.63, 3.8) is 0 Å². The van der Waals surface area contributed by atoms with E-state index in [1.54, 1.807) is 29.2 Å². The SMILES string of the molecule is COCCN1CC(=O)N[C@@H](Cc2ccccc2)C(=O)N[C@@H]2CN(C(=O)c3cncc(Cl)c3)C[C@H]2c2cccc(c2)OCC(=O)N[C@H](CC(C)C)C1=O. The first-order chi connectivity index (χ1) is 25.0. The highest BCUT2D eigenvalue weighted by Crippen LogP contribution is 2.31. The molecular formula is C38H45ClN6O7. The summed E-state index contributed by atoms with van der Waals surface area (Å²) in [4.78, 5) is 75.7. The predicted octanol–water partition coefficient (Wildman–Crippen LogP) is 2.59. The molecule has 1 fully saturated rings. The summed E-state index contributed by atoms with van der Waals surface area (Å²) in [6.07, 6.45) is 3.39. The van der Waals surface area contributed by atoms with Crippen molar-refractivity contribution in [1.29, 1.82) is 0 Å². The summed E-state index contributed by atoms with van der Waals surface area (Å²) in [5, 5.41) is 9.12. The van der Waals surface area contributed by atoms with Crippen molar-refractivity contribution in [1.82, 2.24) is 30.7 Å². The molecule has 3 aromatic rings. The van der Waals surface area contributed by atoms with Crippen LogP contribution in [0.25, 0.3) is 0 Å². The number of methoxy groups -OCH3 is 1. The van der Waals surface area contributed by atoms with Gasteiger partial charge < -0.3 is 35.2 Å². The first-order valence-electron chi connectivity index (χ1n) is 17.3. The van der Waals surface area contributed by atoms with Crippen molar-refractivity contribution >= 4 is 41.1 Å². The molecule has 1 saturated heterocycles.